The average molecular weight is 386 g/mol. The number of ether oxygens (including phenoxy) is 1. The molecule has 0 aliphatic heterocycles. The molecule has 0 atom stereocenters. The number of benzene rings is 1. The summed E-state index contributed by atoms with van der Waals surface area (Å²) in [7, 11) is 1.60. The van der Waals surface area contributed by atoms with E-state index in [0.717, 1.165) is 12.5 Å². The first-order chi connectivity index (χ1) is 12.8. The number of para-hydroxylation sites is 1. The largest absolute Gasteiger partial charge is 0.418 e. The van der Waals surface area contributed by atoms with Crippen LogP contribution in [0, 0.1) is 11.8 Å². The van der Waals surface area contributed by atoms with E-state index in [1.54, 1.807) is 7.11 Å². The summed E-state index contributed by atoms with van der Waals surface area (Å²) in [4.78, 5) is 24.5. The maximum Gasteiger partial charge on any atom is 0.418 e. The van der Waals surface area contributed by atoms with E-state index < -0.39 is 17.6 Å². The highest BCUT2D eigenvalue weighted by Gasteiger charge is 2.35. The van der Waals surface area contributed by atoms with Gasteiger partial charge in [-0.25, -0.2) is 0 Å². The molecule has 1 aromatic carbocycles. The molecule has 1 saturated carbocycles. The maximum absolute atomic E-state index is 13.0. The van der Waals surface area contributed by atoms with Crippen molar-refractivity contribution in [2.45, 2.75) is 38.3 Å². The molecule has 2 amide bonds. The van der Waals surface area contributed by atoms with Crippen molar-refractivity contribution in [2.24, 2.45) is 11.8 Å². The minimum atomic E-state index is -4.53. The van der Waals surface area contributed by atoms with E-state index in [2.05, 4.69) is 10.6 Å². The molecule has 2 N–H and O–H groups in total. The summed E-state index contributed by atoms with van der Waals surface area (Å²) in [6.45, 7) is 1.12. The van der Waals surface area contributed by atoms with Gasteiger partial charge in [0, 0.05) is 32.1 Å². The van der Waals surface area contributed by atoms with Gasteiger partial charge in [0.1, 0.15) is 0 Å². The average Bonchev–Trinajstić information content (AvgIpc) is 2.65. The Labute approximate surface area is 156 Å². The zero-order valence-electron chi connectivity index (χ0n) is 15.3. The third-order valence-corrected chi connectivity index (χ3v) is 4.78. The van der Waals surface area contributed by atoms with E-state index in [-0.39, 0.29) is 23.4 Å². The van der Waals surface area contributed by atoms with Crippen molar-refractivity contribution in [3.8, 4) is 0 Å². The van der Waals surface area contributed by atoms with Gasteiger partial charge < -0.3 is 15.4 Å². The highest BCUT2D eigenvalue weighted by atomic mass is 19.4. The Kier molecular flexibility index (Phi) is 7.65. The predicted molar refractivity (Wildman–Crippen MR) is 95.0 cm³/mol. The van der Waals surface area contributed by atoms with Crippen LogP contribution >= 0.6 is 0 Å². The fourth-order valence-electron chi connectivity index (χ4n) is 3.26. The lowest BCUT2D eigenvalue weighted by atomic mass is 9.81. The van der Waals surface area contributed by atoms with Crippen molar-refractivity contribution in [1.82, 2.24) is 5.32 Å². The summed E-state index contributed by atoms with van der Waals surface area (Å²) in [6, 6.07) is 4.94. The quantitative estimate of drug-likeness (QED) is 0.704. The molecule has 0 heterocycles. The first kappa shape index (κ1) is 21.2. The molecule has 5 nitrogen and oxygen atoms in total. The van der Waals surface area contributed by atoms with Crippen molar-refractivity contribution in [1.29, 1.82) is 0 Å². The second-order valence-electron chi connectivity index (χ2n) is 6.72. The van der Waals surface area contributed by atoms with Gasteiger partial charge in [0.15, 0.2) is 0 Å². The summed E-state index contributed by atoms with van der Waals surface area (Å²) in [6.07, 6.45) is -1.72. The Morgan fingerprint density at radius 3 is 2.26 bits per heavy atom. The number of alkyl halides is 3. The number of amides is 2. The van der Waals surface area contributed by atoms with Crippen LogP contribution in [0.3, 0.4) is 0 Å². The minimum absolute atomic E-state index is 0.0348. The zero-order valence-corrected chi connectivity index (χ0v) is 15.3. The standard InChI is InChI=1S/C19H25F3N2O3/c1-27-12-4-11-23-17(25)13-7-9-14(10-8-13)18(26)24-16-6-3-2-5-15(16)19(20,21)22/h2-3,5-6,13-14H,4,7-12H2,1H3,(H,23,25)(H,24,26). The van der Waals surface area contributed by atoms with Gasteiger partial charge in [0.2, 0.25) is 11.8 Å². The van der Waals surface area contributed by atoms with Gasteiger partial charge in [-0.3, -0.25) is 9.59 Å². The van der Waals surface area contributed by atoms with Crippen LogP contribution in [0.25, 0.3) is 0 Å². The summed E-state index contributed by atoms with van der Waals surface area (Å²) in [5.41, 5.74) is -1.09. The Morgan fingerprint density at radius 1 is 1.07 bits per heavy atom. The van der Waals surface area contributed by atoms with Crippen LogP contribution in [0.1, 0.15) is 37.7 Å². The molecular weight excluding hydrogens is 361 g/mol. The van der Waals surface area contributed by atoms with Crippen molar-refractivity contribution in [3.05, 3.63) is 29.8 Å². The maximum atomic E-state index is 13.0. The van der Waals surface area contributed by atoms with Crippen LogP contribution in [0.4, 0.5) is 18.9 Å². The van der Waals surface area contributed by atoms with Crippen LogP contribution in [-0.2, 0) is 20.5 Å². The monoisotopic (exact) mass is 386 g/mol. The van der Waals surface area contributed by atoms with E-state index in [1.165, 1.54) is 18.2 Å². The molecule has 2 rings (SSSR count). The number of halogens is 3. The lowest BCUT2D eigenvalue weighted by Crippen LogP contribution is -2.36. The number of hydrogen-bond acceptors (Lipinski definition) is 3. The fraction of sp³-hybridized carbons (Fsp3) is 0.579. The first-order valence-electron chi connectivity index (χ1n) is 9.06. The lowest BCUT2D eigenvalue weighted by molar-refractivity contribution is -0.137. The molecular formula is C19H25F3N2O3. The zero-order chi connectivity index (χ0) is 19.9. The molecule has 0 radical (unpaired) electrons. The second-order valence-corrected chi connectivity index (χ2v) is 6.72. The van der Waals surface area contributed by atoms with Gasteiger partial charge in [-0.1, -0.05) is 12.1 Å². The van der Waals surface area contributed by atoms with Crippen LogP contribution in [0.2, 0.25) is 0 Å². The van der Waals surface area contributed by atoms with Crippen molar-refractivity contribution >= 4 is 17.5 Å². The van der Waals surface area contributed by atoms with E-state index in [0.29, 0.717) is 38.8 Å². The molecule has 0 aromatic heterocycles. The SMILES string of the molecule is COCCCNC(=O)C1CCC(C(=O)Nc2ccccc2C(F)(F)F)CC1. The van der Waals surface area contributed by atoms with Crippen LogP contribution in [-0.4, -0.2) is 32.1 Å². The predicted octanol–water partition coefficient (Wildman–Crippen LogP) is 3.60. The molecule has 1 aliphatic rings. The number of carbonyl (C=O) groups excluding carboxylic acids is 2. The Morgan fingerprint density at radius 2 is 1.67 bits per heavy atom. The van der Waals surface area contributed by atoms with Crippen LogP contribution < -0.4 is 10.6 Å². The third kappa shape index (κ3) is 6.23. The summed E-state index contributed by atoms with van der Waals surface area (Å²) in [5, 5.41) is 5.26. The summed E-state index contributed by atoms with van der Waals surface area (Å²) >= 11 is 0. The van der Waals surface area contributed by atoms with Gasteiger partial charge in [0.05, 0.1) is 11.3 Å². The Bertz CT molecular complexity index is 641. The number of anilines is 1. The van der Waals surface area contributed by atoms with Crippen molar-refractivity contribution < 1.29 is 27.5 Å². The molecule has 0 unspecified atom stereocenters. The minimum Gasteiger partial charge on any atom is -0.385 e. The van der Waals surface area contributed by atoms with Crippen LogP contribution in [0.15, 0.2) is 24.3 Å². The Hall–Kier alpha value is -2.09. The van der Waals surface area contributed by atoms with Crippen molar-refractivity contribution in [2.75, 3.05) is 25.6 Å². The fourth-order valence-corrected chi connectivity index (χ4v) is 3.26. The van der Waals surface area contributed by atoms with Gasteiger partial charge in [-0.05, 0) is 44.2 Å². The van der Waals surface area contributed by atoms with E-state index in [9.17, 15) is 22.8 Å². The van der Waals surface area contributed by atoms with E-state index in [1.807, 2.05) is 0 Å². The van der Waals surface area contributed by atoms with Gasteiger partial charge in [-0.15, -0.1) is 0 Å². The topological polar surface area (TPSA) is 67.4 Å². The normalized spacial score (nSPS) is 20.1. The van der Waals surface area contributed by atoms with E-state index in [4.69, 9.17) is 4.74 Å². The number of hydrogen-bond donors (Lipinski definition) is 2. The van der Waals surface area contributed by atoms with E-state index >= 15 is 0 Å². The lowest BCUT2D eigenvalue weighted by Gasteiger charge is -2.27. The molecule has 0 spiro atoms. The molecule has 0 bridgehead atoms. The summed E-state index contributed by atoms with van der Waals surface area (Å²) in [5.74, 6) is -0.999. The van der Waals surface area contributed by atoms with Crippen molar-refractivity contribution in [3.63, 3.8) is 0 Å². The highest BCUT2D eigenvalue weighted by Crippen LogP contribution is 2.35. The number of methoxy groups -OCH3 is 1. The number of carbonyl (C=O) groups is 2. The third-order valence-electron chi connectivity index (χ3n) is 4.78. The molecule has 1 aromatic rings. The number of rotatable bonds is 7. The molecule has 0 saturated heterocycles. The van der Waals surface area contributed by atoms with Gasteiger partial charge in [-0.2, -0.15) is 13.2 Å². The number of nitrogens with one attached hydrogen (secondary N) is 2. The molecule has 150 valence electrons. The Balaban J connectivity index is 1.84. The highest BCUT2D eigenvalue weighted by molar-refractivity contribution is 5.93. The first-order valence-corrected chi connectivity index (χ1v) is 9.06. The summed E-state index contributed by atoms with van der Waals surface area (Å²) < 4.78 is 44.0. The van der Waals surface area contributed by atoms with Gasteiger partial charge in [0.25, 0.3) is 0 Å². The molecule has 27 heavy (non-hydrogen) atoms. The molecule has 1 aliphatic carbocycles. The smallest absolute Gasteiger partial charge is 0.385 e. The van der Waals surface area contributed by atoms with Crippen LogP contribution in [0.5, 0.6) is 0 Å². The molecule has 8 heteroatoms. The molecule has 1 fully saturated rings. The second kappa shape index (κ2) is 9.73. The van der Waals surface area contributed by atoms with Gasteiger partial charge >= 0.3 is 6.18 Å².